The van der Waals surface area contributed by atoms with Crippen LogP contribution in [0.2, 0.25) is 0 Å². The molecule has 0 bridgehead atoms. The molecule has 1 heterocycles. The Bertz CT molecular complexity index is 833. The van der Waals surface area contributed by atoms with E-state index in [1.54, 1.807) is 6.07 Å². The Balaban J connectivity index is 2.05. The Hall–Kier alpha value is -2.76. The van der Waals surface area contributed by atoms with Gasteiger partial charge in [-0.15, -0.1) is 0 Å². The molecule has 0 amide bonds. The van der Waals surface area contributed by atoms with Crippen molar-refractivity contribution in [2.45, 2.75) is 12.1 Å². The van der Waals surface area contributed by atoms with Crippen LogP contribution in [0, 0.1) is 0 Å². The molecular formula is C18H14F3NO2. The third-order valence-corrected chi connectivity index (χ3v) is 3.87. The SMILES string of the molecule is COC(=O)C(c1ccc(C(F)(F)F)cc1)c1cc2ccccc2[nH]1. The number of aromatic nitrogens is 1. The second kappa shape index (κ2) is 6.03. The topological polar surface area (TPSA) is 42.1 Å². The predicted octanol–water partition coefficient (Wildman–Crippen LogP) is 4.49. The number of benzene rings is 2. The number of hydrogen-bond donors (Lipinski definition) is 1. The zero-order chi connectivity index (χ0) is 17.3. The molecule has 1 atom stereocenters. The van der Waals surface area contributed by atoms with Gasteiger partial charge in [0, 0.05) is 11.2 Å². The monoisotopic (exact) mass is 333 g/mol. The van der Waals surface area contributed by atoms with E-state index in [9.17, 15) is 18.0 Å². The third kappa shape index (κ3) is 2.99. The highest BCUT2D eigenvalue weighted by molar-refractivity contribution is 5.86. The molecule has 1 unspecified atom stereocenters. The maximum atomic E-state index is 12.7. The van der Waals surface area contributed by atoms with E-state index >= 15 is 0 Å². The minimum absolute atomic E-state index is 0.432. The van der Waals surface area contributed by atoms with Crippen molar-refractivity contribution in [2.24, 2.45) is 0 Å². The summed E-state index contributed by atoms with van der Waals surface area (Å²) in [6.45, 7) is 0. The first-order chi connectivity index (χ1) is 11.4. The van der Waals surface area contributed by atoms with E-state index in [-0.39, 0.29) is 0 Å². The number of aromatic amines is 1. The Kier molecular flexibility index (Phi) is 4.05. The number of ether oxygens (including phenoxy) is 1. The summed E-state index contributed by atoms with van der Waals surface area (Å²) in [6.07, 6.45) is -4.42. The number of alkyl halides is 3. The van der Waals surface area contributed by atoms with Gasteiger partial charge in [0.2, 0.25) is 0 Å². The number of esters is 1. The molecule has 0 aliphatic rings. The maximum absolute atomic E-state index is 12.7. The van der Waals surface area contributed by atoms with Crippen molar-refractivity contribution in [3.8, 4) is 0 Å². The van der Waals surface area contributed by atoms with Gasteiger partial charge in [0.25, 0.3) is 0 Å². The summed E-state index contributed by atoms with van der Waals surface area (Å²) >= 11 is 0. The largest absolute Gasteiger partial charge is 0.468 e. The standard InChI is InChI=1S/C18H14F3NO2/c1-24-17(23)16(11-6-8-13(9-7-11)18(19,20)21)15-10-12-4-2-3-5-14(12)22-15/h2-10,16,22H,1H3. The molecule has 3 aromatic rings. The zero-order valence-electron chi connectivity index (χ0n) is 12.7. The molecule has 124 valence electrons. The number of carbonyl (C=O) groups is 1. The van der Waals surface area contributed by atoms with Crippen molar-refractivity contribution in [1.29, 1.82) is 0 Å². The van der Waals surface area contributed by atoms with E-state index in [1.807, 2.05) is 24.3 Å². The molecule has 3 nitrogen and oxygen atoms in total. The number of methoxy groups -OCH3 is 1. The molecule has 0 aliphatic heterocycles. The highest BCUT2D eigenvalue weighted by Crippen LogP contribution is 2.33. The van der Waals surface area contributed by atoms with E-state index < -0.39 is 23.6 Å². The third-order valence-electron chi connectivity index (χ3n) is 3.87. The first-order valence-corrected chi connectivity index (χ1v) is 7.23. The van der Waals surface area contributed by atoms with Crippen LogP contribution in [0.25, 0.3) is 10.9 Å². The molecule has 0 aliphatic carbocycles. The Morgan fingerprint density at radius 3 is 2.33 bits per heavy atom. The van der Waals surface area contributed by atoms with Crippen molar-refractivity contribution in [3.05, 3.63) is 71.4 Å². The molecule has 2 aromatic carbocycles. The van der Waals surface area contributed by atoms with Gasteiger partial charge in [0.05, 0.1) is 12.7 Å². The number of nitrogens with one attached hydrogen (secondary N) is 1. The summed E-state index contributed by atoms with van der Waals surface area (Å²) in [5.74, 6) is -1.36. The fraction of sp³-hybridized carbons (Fsp3) is 0.167. The van der Waals surface area contributed by atoms with Crippen LogP contribution in [0.1, 0.15) is 22.7 Å². The van der Waals surface area contributed by atoms with Crippen molar-refractivity contribution in [2.75, 3.05) is 7.11 Å². The van der Waals surface area contributed by atoms with Crippen LogP contribution < -0.4 is 0 Å². The van der Waals surface area contributed by atoms with E-state index in [1.165, 1.54) is 19.2 Å². The minimum atomic E-state index is -4.42. The molecule has 0 saturated heterocycles. The van der Waals surface area contributed by atoms with Gasteiger partial charge < -0.3 is 9.72 Å². The lowest BCUT2D eigenvalue weighted by atomic mass is 9.94. The number of fused-ring (bicyclic) bond motifs is 1. The number of rotatable bonds is 3. The number of H-pyrrole nitrogens is 1. The van der Waals surface area contributed by atoms with Gasteiger partial charge in [-0.05, 0) is 35.2 Å². The summed E-state index contributed by atoms with van der Waals surface area (Å²) in [6, 6.07) is 13.8. The lowest BCUT2D eigenvalue weighted by Crippen LogP contribution is -2.16. The van der Waals surface area contributed by atoms with Crippen molar-refractivity contribution in [1.82, 2.24) is 4.98 Å². The fourth-order valence-electron chi connectivity index (χ4n) is 2.68. The molecule has 0 fully saturated rings. The van der Waals surface area contributed by atoms with Crippen LogP contribution in [-0.4, -0.2) is 18.1 Å². The summed E-state index contributed by atoms with van der Waals surface area (Å²) in [4.78, 5) is 15.3. The predicted molar refractivity (Wildman–Crippen MR) is 83.6 cm³/mol. The van der Waals surface area contributed by atoms with Crippen molar-refractivity contribution < 1.29 is 22.7 Å². The number of carbonyl (C=O) groups excluding carboxylic acids is 1. The molecule has 6 heteroatoms. The number of halogens is 3. The summed E-state index contributed by atoms with van der Waals surface area (Å²) in [5.41, 5.74) is 1.09. The maximum Gasteiger partial charge on any atom is 0.416 e. The molecular weight excluding hydrogens is 319 g/mol. The normalized spacial score (nSPS) is 13.0. The zero-order valence-corrected chi connectivity index (χ0v) is 12.7. The minimum Gasteiger partial charge on any atom is -0.468 e. The lowest BCUT2D eigenvalue weighted by Gasteiger charge is -2.15. The molecule has 0 saturated carbocycles. The molecule has 3 rings (SSSR count). The van der Waals surface area contributed by atoms with E-state index in [0.717, 1.165) is 23.0 Å². The second-order valence-corrected chi connectivity index (χ2v) is 5.39. The molecule has 24 heavy (non-hydrogen) atoms. The van der Waals surface area contributed by atoms with Gasteiger partial charge in [-0.3, -0.25) is 4.79 Å². The van der Waals surface area contributed by atoms with Crippen LogP contribution in [0.3, 0.4) is 0 Å². The smallest absolute Gasteiger partial charge is 0.416 e. The second-order valence-electron chi connectivity index (χ2n) is 5.39. The van der Waals surface area contributed by atoms with Crippen LogP contribution in [-0.2, 0) is 15.7 Å². The van der Waals surface area contributed by atoms with Crippen molar-refractivity contribution in [3.63, 3.8) is 0 Å². The number of hydrogen-bond acceptors (Lipinski definition) is 2. The lowest BCUT2D eigenvalue weighted by molar-refractivity contribution is -0.141. The van der Waals surface area contributed by atoms with Gasteiger partial charge >= 0.3 is 12.1 Å². The van der Waals surface area contributed by atoms with E-state index in [2.05, 4.69) is 4.98 Å². The van der Waals surface area contributed by atoms with Crippen LogP contribution >= 0.6 is 0 Å². The van der Waals surface area contributed by atoms with Gasteiger partial charge in [-0.1, -0.05) is 30.3 Å². The summed E-state index contributed by atoms with van der Waals surface area (Å²) < 4.78 is 43.0. The molecule has 1 N–H and O–H groups in total. The van der Waals surface area contributed by atoms with Gasteiger partial charge in [-0.2, -0.15) is 13.2 Å². The first kappa shape index (κ1) is 16.1. The van der Waals surface area contributed by atoms with Crippen molar-refractivity contribution >= 4 is 16.9 Å². The first-order valence-electron chi connectivity index (χ1n) is 7.23. The van der Waals surface area contributed by atoms with Gasteiger partial charge in [-0.25, -0.2) is 0 Å². The Labute approximate surface area is 136 Å². The van der Waals surface area contributed by atoms with Gasteiger partial charge in [0.15, 0.2) is 0 Å². The van der Waals surface area contributed by atoms with Crippen LogP contribution in [0.5, 0.6) is 0 Å². The van der Waals surface area contributed by atoms with Crippen LogP contribution in [0.15, 0.2) is 54.6 Å². The number of para-hydroxylation sites is 1. The van der Waals surface area contributed by atoms with Crippen LogP contribution in [0.4, 0.5) is 13.2 Å². The van der Waals surface area contributed by atoms with E-state index in [4.69, 9.17) is 4.74 Å². The Morgan fingerprint density at radius 1 is 1.08 bits per heavy atom. The quantitative estimate of drug-likeness (QED) is 0.718. The molecule has 0 spiro atoms. The highest BCUT2D eigenvalue weighted by atomic mass is 19.4. The van der Waals surface area contributed by atoms with E-state index in [0.29, 0.717) is 11.3 Å². The Morgan fingerprint density at radius 2 is 1.75 bits per heavy atom. The highest BCUT2D eigenvalue weighted by Gasteiger charge is 2.31. The molecule has 1 aromatic heterocycles. The molecule has 0 radical (unpaired) electrons. The fourth-order valence-corrected chi connectivity index (χ4v) is 2.68. The summed E-state index contributed by atoms with van der Waals surface area (Å²) in [5, 5.41) is 0.910. The average molecular weight is 333 g/mol. The average Bonchev–Trinajstić information content (AvgIpc) is 2.98. The van der Waals surface area contributed by atoms with Gasteiger partial charge in [0.1, 0.15) is 5.92 Å². The summed E-state index contributed by atoms with van der Waals surface area (Å²) in [7, 11) is 1.25.